The van der Waals surface area contributed by atoms with Crippen LogP contribution < -0.4 is 10.6 Å². The molecule has 2 N–H and O–H groups in total. The minimum atomic E-state index is -0.262. The average molecular weight is 307 g/mol. The molecule has 0 fully saturated rings. The number of aryl methyl sites for hydroxylation is 2. The summed E-state index contributed by atoms with van der Waals surface area (Å²) in [4.78, 5) is 11.8. The van der Waals surface area contributed by atoms with Crippen LogP contribution >= 0.6 is 11.6 Å². The molecular formula is C15H19ClN4O. The third-order valence-electron chi connectivity index (χ3n) is 3.44. The predicted octanol–water partition coefficient (Wildman–Crippen LogP) is 3.05. The lowest BCUT2D eigenvalue weighted by Crippen LogP contribution is -2.30. The first-order valence-electron chi connectivity index (χ1n) is 6.77. The molecule has 0 aliphatic carbocycles. The summed E-state index contributed by atoms with van der Waals surface area (Å²) in [7, 11) is 1.92. The lowest BCUT2D eigenvalue weighted by molar-refractivity contribution is 0.252. The van der Waals surface area contributed by atoms with Crippen LogP contribution in [-0.2, 0) is 13.5 Å². The number of benzene rings is 1. The smallest absolute Gasteiger partial charge is 0.319 e. The van der Waals surface area contributed by atoms with Gasteiger partial charge in [-0.2, -0.15) is 5.10 Å². The topological polar surface area (TPSA) is 59.0 Å². The van der Waals surface area contributed by atoms with Gasteiger partial charge in [0.2, 0.25) is 0 Å². The number of hydrogen-bond donors (Lipinski definition) is 2. The summed E-state index contributed by atoms with van der Waals surface area (Å²) in [6.45, 7) is 4.55. The third-order valence-corrected chi connectivity index (χ3v) is 3.77. The average Bonchev–Trinajstić information content (AvgIpc) is 2.68. The maximum absolute atomic E-state index is 11.8. The molecule has 2 aromatic rings. The molecule has 5 nitrogen and oxygen atoms in total. The number of carbonyl (C=O) groups is 1. The monoisotopic (exact) mass is 306 g/mol. The van der Waals surface area contributed by atoms with Gasteiger partial charge in [0.25, 0.3) is 0 Å². The highest BCUT2D eigenvalue weighted by molar-refractivity contribution is 6.33. The first-order chi connectivity index (χ1) is 9.99. The van der Waals surface area contributed by atoms with E-state index in [-0.39, 0.29) is 6.03 Å². The molecule has 0 spiro atoms. The van der Waals surface area contributed by atoms with Gasteiger partial charge in [-0.05, 0) is 38.0 Å². The highest BCUT2D eigenvalue weighted by Gasteiger charge is 2.10. The Labute approximate surface area is 129 Å². The van der Waals surface area contributed by atoms with Gasteiger partial charge >= 0.3 is 6.03 Å². The van der Waals surface area contributed by atoms with E-state index in [1.165, 1.54) is 5.56 Å². The van der Waals surface area contributed by atoms with E-state index in [1.54, 1.807) is 12.1 Å². The number of nitrogens with one attached hydrogen (secondary N) is 2. The van der Waals surface area contributed by atoms with Crippen LogP contribution in [0.2, 0.25) is 5.02 Å². The van der Waals surface area contributed by atoms with Gasteiger partial charge in [0, 0.05) is 19.3 Å². The third kappa shape index (κ3) is 3.76. The normalized spacial score (nSPS) is 10.5. The fraction of sp³-hybridized carbons (Fsp3) is 0.333. The van der Waals surface area contributed by atoms with Gasteiger partial charge in [0.05, 0.1) is 16.4 Å². The zero-order chi connectivity index (χ0) is 15.4. The van der Waals surface area contributed by atoms with Crippen molar-refractivity contribution in [2.75, 3.05) is 11.9 Å². The van der Waals surface area contributed by atoms with Crippen LogP contribution in [0, 0.1) is 13.8 Å². The van der Waals surface area contributed by atoms with Crippen molar-refractivity contribution >= 4 is 23.3 Å². The minimum absolute atomic E-state index is 0.262. The van der Waals surface area contributed by atoms with Crippen molar-refractivity contribution in [3.63, 3.8) is 0 Å². The molecule has 0 aliphatic heterocycles. The Morgan fingerprint density at radius 2 is 2.05 bits per heavy atom. The second-order valence-corrected chi connectivity index (χ2v) is 5.29. The molecule has 112 valence electrons. The number of rotatable bonds is 4. The van der Waals surface area contributed by atoms with Crippen molar-refractivity contribution in [3.8, 4) is 0 Å². The number of amides is 2. The highest BCUT2D eigenvalue weighted by atomic mass is 35.5. The van der Waals surface area contributed by atoms with Crippen molar-refractivity contribution < 1.29 is 4.79 Å². The van der Waals surface area contributed by atoms with Crippen LogP contribution in [0.5, 0.6) is 0 Å². The van der Waals surface area contributed by atoms with Gasteiger partial charge in [-0.1, -0.05) is 23.7 Å². The van der Waals surface area contributed by atoms with Crippen LogP contribution in [0.1, 0.15) is 17.0 Å². The Morgan fingerprint density at radius 1 is 1.33 bits per heavy atom. The summed E-state index contributed by atoms with van der Waals surface area (Å²) in [6.07, 6.45) is 0.751. The fourth-order valence-corrected chi connectivity index (χ4v) is 2.39. The number of para-hydroxylation sites is 1. The first-order valence-corrected chi connectivity index (χ1v) is 7.15. The molecule has 0 atom stereocenters. The minimum Gasteiger partial charge on any atom is -0.338 e. The molecule has 0 saturated heterocycles. The Bertz CT molecular complexity index is 651. The summed E-state index contributed by atoms with van der Waals surface area (Å²) < 4.78 is 1.86. The van der Waals surface area contributed by atoms with E-state index in [1.807, 2.05) is 37.7 Å². The largest absolute Gasteiger partial charge is 0.338 e. The number of hydrogen-bond acceptors (Lipinski definition) is 2. The number of anilines is 1. The Hall–Kier alpha value is -2.01. The van der Waals surface area contributed by atoms with E-state index in [4.69, 9.17) is 11.6 Å². The van der Waals surface area contributed by atoms with Gasteiger partial charge in [-0.15, -0.1) is 0 Å². The highest BCUT2D eigenvalue weighted by Crippen LogP contribution is 2.20. The number of urea groups is 1. The fourth-order valence-electron chi connectivity index (χ4n) is 2.21. The van der Waals surface area contributed by atoms with Crippen LogP contribution in [0.25, 0.3) is 0 Å². The van der Waals surface area contributed by atoms with Gasteiger partial charge in [-0.3, -0.25) is 4.68 Å². The molecule has 0 unspecified atom stereocenters. The lowest BCUT2D eigenvalue weighted by Gasteiger charge is -2.09. The van der Waals surface area contributed by atoms with Gasteiger partial charge in [0.1, 0.15) is 0 Å². The van der Waals surface area contributed by atoms with Crippen molar-refractivity contribution in [1.29, 1.82) is 0 Å². The van der Waals surface area contributed by atoms with Crippen molar-refractivity contribution in [1.82, 2.24) is 15.1 Å². The number of halogens is 1. The summed E-state index contributed by atoms with van der Waals surface area (Å²) in [5.74, 6) is 0. The molecule has 1 aromatic carbocycles. The lowest BCUT2D eigenvalue weighted by atomic mass is 10.1. The molecule has 1 heterocycles. The van der Waals surface area contributed by atoms with Gasteiger partial charge in [-0.25, -0.2) is 4.79 Å². The SMILES string of the molecule is Cc1nn(C)c(C)c1CCNC(=O)Nc1ccccc1Cl. The van der Waals surface area contributed by atoms with E-state index in [0.29, 0.717) is 17.3 Å². The van der Waals surface area contributed by atoms with E-state index in [9.17, 15) is 4.79 Å². The van der Waals surface area contributed by atoms with Crippen molar-refractivity contribution in [2.45, 2.75) is 20.3 Å². The summed E-state index contributed by atoms with van der Waals surface area (Å²) in [5, 5.41) is 10.4. The molecule has 0 radical (unpaired) electrons. The molecule has 0 bridgehead atoms. The van der Waals surface area contributed by atoms with Crippen LogP contribution in [0.3, 0.4) is 0 Å². The number of nitrogens with zero attached hydrogens (tertiary/aromatic N) is 2. The molecular weight excluding hydrogens is 288 g/mol. The molecule has 21 heavy (non-hydrogen) atoms. The van der Waals surface area contributed by atoms with E-state index < -0.39 is 0 Å². The quantitative estimate of drug-likeness (QED) is 0.912. The molecule has 2 amide bonds. The number of carbonyl (C=O) groups excluding carboxylic acids is 1. The van der Waals surface area contributed by atoms with Crippen LogP contribution in [0.15, 0.2) is 24.3 Å². The predicted molar refractivity (Wildman–Crippen MR) is 84.9 cm³/mol. The standard InChI is InChI=1S/C15H19ClN4O/c1-10-12(11(2)20(3)19-10)8-9-17-15(21)18-14-7-5-4-6-13(14)16/h4-7H,8-9H2,1-3H3,(H2,17,18,21). The second-order valence-electron chi connectivity index (χ2n) is 4.88. The molecule has 6 heteroatoms. The zero-order valence-electron chi connectivity index (χ0n) is 12.4. The summed E-state index contributed by atoms with van der Waals surface area (Å²) in [6, 6.07) is 6.88. The maximum Gasteiger partial charge on any atom is 0.319 e. The Balaban J connectivity index is 1.86. The van der Waals surface area contributed by atoms with Gasteiger partial charge < -0.3 is 10.6 Å². The van der Waals surface area contributed by atoms with Crippen molar-refractivity contribution in [3.05, 3.63) is 46.2 Å². The first kappa shape index (κ1) is 15.4. The van der Waals surface area contributed by atoms with E-state index >= 15 is 0 Å². The summed E-state index contributed by atoms with van der Waals surface area (Å²) >= 11 is 5.99. The van der Waals surface area contributed by atoms with Crippen LogP contribution in [0.4, 0.5) is 10.5 Å². The Kier molecular flexibility index (Phi) is 4.85. The number of aromatic nitrogens is 2. The molecule has 0 saturated carbocycles. The van der Waals surface area contributed by atoms with Crippen LogP contribution in [-0.4, -0.2) is 22.4 Å². The maximum atomic E-state index is 11.8. The van der Waals surface area contributed by atoms with Gasteiger partial charge in [0.15, 0.2) is 0 Å². The molecule has 1 aromatic heterocycles. The Morgan fingerprint density at radius 3 is 2.67 bits per heavy atom. The second kappa shape index (κ2) is 6.63. The zero-order valence-corrected chi connectivity index (χ0v) is 13.2. The van der Waals surface area contributed by atoms with E-state index in [2.05, 4.69) is 15.7 Å². The summed E-state index contributed by atoms with van der Waals surface area (Å²) in [5.41, 5.74) is 3.91. The molecule has 0 aliphatic rings. The molecule has 2 rings (SSSR count). The van der Waals surface area contributed by atoms with E-state index in [0.717, 1.165) is 17.8 Å². The van der Waals surface area contributed by atoms with Crippen molar-refractivity contribution in [2.24, 2.45) is 7.05 Å².